The maximum Gasteiger partial charge on any atom is 0.0594 e. The summed E-state index contributed by atoms with van der Waals surface area (Å²) in [5, 5.41) is 12.0. The second-order valence-electron chi connectivity index (χ2n) is 3.85. The van der Waals surface area contributed by atoms with Gasteiger partial charge < -0.3 is 15.2 Å². The zero-order chi connectivity index (χ0) is 10.2. The molecule has 0 radical (unpaired) electrons. The quantitative estimate of drug-likeness (QED) is 0.579. The van der Waals surface area contributed by atoms with Crippen LogP contribution < -0.4 is 5.32 Å². The lowest BCUT2D eigenvalue weighted by atomic mass is 10.2. The van der Waals surface area contributed by atoms with Crippen molar-refractivity contribution in [1.29, 1.82) is 0 Å². The van der Waals surface area contributed by atoms with Crippen LogP contribution in [-0.2, 0) is 4.74 Å². The molecule has 84 valence electrons. The predicted molar refractivity (Wildman–Crippen MR) is 56.4 cm³/mol. The number of aliphatic hydroxyl groups is 1. The standard InChI is InChI=1S/C10H22N2O2/c1-10(11-3-2-6-13)9-12-4-7-14-8-5-12/h10-11,13H,2-9H2,1H3. The SMILES string of the molecule is CC(CN1CCOCC1)NCCCO. The average Bonchev–Trinajstić information content (AvgIpc) is 2.20. The molecule has 1 fully saturated rings. The number of nitrogens with one attached hydrogen (secondary N) is 1. The summed E-state index contributed by atoms with van der Waals surface area (Å²) < 4.78 is 5.28. The Hall–Kier alpha value is -0.160. The number of ether oxygens (including phenoxy) is 1. The molecular formula is C10H22N2O2. The zero-order valence-corrected chi connectivity index (χ0v) is 9.04. The first-order valence-corrected chi connectivity index (χ1v) is 5.47. The minimum absolute atomic E-state index is 0.275. The largest absolute Gasteiger partial charge is 0.396 e. The van der Waals surface area contributed by atoms with Gasteiger partial charge in [0.25, 0.3) is 0 Å². The Morgan fingerprint density at radius 3 is 2.79 bits per heavy atom. The summed E-state index contributed by atoms with van der Waals surface area (Å²) in [6.07, 6.45) is 0.841. The van der Waals surface area contributed by atoms with E-state index in [2.05, 4.69) is 17.1 Å². The minimum atomic E-state index is 0.275. The van der Waals surface area contributed by atoms with Crippen LogP contribution in [0.3, 0.4) is 0 Å². The Balaban J connectivity index is 2.03. The Labute approximate surface area is 86.2 Å². The Bertz CT molecular complexity index is 138. The summed E-state index contributed by atoms with van der Waals surface area (Å²) in [5.74, 6) is 0. The lowest BCUT2D eigenvalue weighted by Gasteiger charge is -2.29. The summed E-state index contributed by atoms with van der Waals surface area (Å²) >= 11 is 0. The first-order valence-electron chi connectivity index (χ1n) is 5.47. The van der Waals surface area contributed by atoms with Gasteiger partial charge in [-0.05, 0) is 19.9 Å². The third kappa shape index (κ3) is 4.91. The van der Waals surface area contributed by atoms with E-state index >= 15 is 0 Å². The van der Waals surface area contributed by atoms with Crippen LogP contribution in [0.25, 0.3) is 0 Å². The van der Waals surface area contributed by atoms with E-state index in [4.69, 9.17) is 9.84 Å². The van der Waals surface area contributed by atoms with E-state index in [1.54, 1.807) is 0 Å². The van der Waals surface area contributed by atoms with Crippen molar-refractivity contribution in [3.8, 4) is 0 Å². The number of rotatable bonds is 6. The number of hydrogen-bond acceptors (Lipinski definition) is 4. The maximum absolute atomic E-state index is 8.63. The van der Waals surface area contributed by atoms with Crippen LogP contribution in [0.4, 0.5) is 0 Å². The van der Waals surface area contributed by atoms with Crippen LogP contribution >= 0.6 is 0 Å². The predicted octanol–water partition coefficient (Wildman–Crippen LogP) is -0.321. The fourth-order valence-electron chi connectivity index (χ4n) is 1.66. The van der Waals surface area contributed by atoms with E-state index in [0.717, 1.165) is 45.8 Å². The van der Waals surface area contributed by atoms with Crippen LogP contribution in [0.1, 0.15) is 13.3 Å². The van der Waals surface area contributed by atoms with Gasteiger partial charge in [-0.2, -0.15) is 0 Å². The minimum Gasteiger partial charge on any atom is -0.396 e. The molecule has 14 heavy (non-hydrogen) atoms. The zero-order valence-electron chi connectivity index (χ0n) is 9.04. The number of hydrogen-bond donors (Lipinski definition) is 2. The van der Waals surface area contributed by atoms with E-state index in [1.165, 1.54) is 0 Å². The molecule has 2 N–H and O–H groups in total. The fourth-order valence-corrected chi connectivity index (χ4v) is 1.66. The van der Waals surface area contributed by atoms with E-state index in [0.29, 0.717) is 6.04 Å². The molecule has 1 aliphatic rings. The van der Waals surface area contributed by atoms with Gasteiger partial charge in [-0.1, -0.05) is 0 Å². The van der Waals surface area contributed by atoms with Crippen molar-refractivity contribution < 1.29 is 9.84 Å². The molecule has 4 heteroatoms. The average molecular weight is 202 g/mol. The van der Waals surface area contributed by atoms with Gasteiger partial charge in [-0.25, -0.2) is 0 Å². The Morgan fingerprint density at radius 1 is 1.43 bits per heavy atom. The van der Waals surface area contributed by atoms with Crippen LogP contribution in [0.15, 0.2) is 0 Å². The molecule has 0 saturated carbocycles. The molecule has 1 atom stereocenters. The van der Waals surface area contributed by atoms with Crippen molar-refractivity contribution in [3.05, 3.63) is 0 Å². The highest BCUT2D eigenvalue weighted by Gasteiger charge is 2.12. The second-order valence-corrected chi connectivity index (χ2v) is 3.85. The van der Waals surface area contributed by atoms with Gasteiger partial charge in [0.2, 0.25) is 0 Å². The van der Waals surface area contributed by atoms with E-state index in [9.17, 15) is 0 Å². The monoisotopic (exact) mass is 202 g/mol. The van der Waals surface area contributed by atoms with Crippen molar-refractivity contribution >= 4 is 0 Å². The molecule has 1 heterocycles. The van der Waals surface area contributed by atoms with Gasteiger partial charge in [-0.3, -0.25) is 4.90 Å². The van der Waals surface area contributed by atoms with Gasteiger partial charge >= 0.3 is 0 Å². The molecule has 1 unspecified atom stereocenters. The highest BCUT2D eigenvalue weighted by molar-refractivity contribution is 4.69. The number of morpholine rings is 1. The molecule has 0 amide bonds. The molecule has 4 nitrogen and oxygen atoms in total. The Kier molecular flexibility index (Phi) is 6.10. The lowest BCUT2D eigenvalue weighted by Crippen LogP contribution is -2.44. The maximum atomic E-state index is 8.63. The van der Waals surface area contributed by atoms with Crippen LogP contribution in [0.5, 0.6) is 0 Å². The third-order valence-electron chi connectivity index (χ3n) is 2.46. The van der Waals surface area contributed by atoms with Gasteiger partial charge in [0.15, 0.2) is 0 Å². The second kappa shape index (κ2) is 7.17. The summed E-state index contributed by atoms with van der Waals surface area (Å²) in [6.45, 7) is 8.27. The molecule has 0 aromatic rings. The molecule has 0 aliphatic carbocycles. The molecule has 0 aromatic carbocycles. The number of nitrogens with zero attached hydrogens (tertiary/aromatic N) is 1. The molecule has 1 aliphatic heterocycles. The van der Waals surface area contributed by atoms with Crippen molar-refractivity contribution in [2.75, 3.05) is 46.0 Å². The highest BCUT2D eigenvalue weighted by Crippen LogP contribution is 1.98. The summed E-state index contributed by atoms with van der Waals surface area (Å²) in [5.41, 5.74) is 0. The third-order valence-corrected chi connectivity index (χ3v) is 2.46. The molecule has 1 rings (SSSR count). The van der Waals surface area contributed by atoms with Crippen molar-refractivity contribution in [3.63, 3.8) is 0 Å². The van der Waals surface area contributed by atoms with Gasteiger partial charge in [-0.15, -0.1) is 0 Å². The van der Waals surface area contributed by atoms with Crippen molar-refractivity contribution in [1.82, 2.24) is 10.2 Å². The summed E-state index contributed by atoms with van der Waals surface area (Å²) in [7, 11) is 0. The van der Waals surface area contributed by atoms with E-state index in [-0.39, 0.29) is 6.61 Å². The van der Waals surface area contributed by atoms with Gasteiger partial charge in [0.1, 0.15) is 0 Å². The van der Waals surface area contributed by atoms with Gasteiger partial charge in [0.05, 0.1) is 13.2 Å². The van der Waals surface area contributed by atoms with Crippen LogP contribution in [0, 0.1) is 0 Å². The van der Waals surface area contributed by atoms with Gasteiger partial charge in [0, 0.05) is 32.3 Å². The van der Waals surface area contributed by atoms with Crippen molar-refractivity contribution in [2.24, 2.45) is 0 Å². The smallest absolute Gasteiger partial charge is 0.0594 e. The molecule has 1 saturated heterocycles. The van der Waals surface area contributed by atoms with Crippen LogP contribution in [-0.4, -0.2) is 62.0 Å². The first-order chi connectivity index (χ1) is 6.83. The molecule has 0 spiro atoms. The normalized spacial score (nSPS) is 21.0. The lowest BCUT2D eigenvalue weighted by molar-refractivity contribution is 0.0343. The van der Waals surface area contributed by atoms with E-state index in [1.807, 2.05) is 0 Å². The number of aliphatic hydroxyl groups excluding tert-OH is 1. The highest BCUT2D eigenvalue weighted by atomic mass is 16.5. The summed E-state index contributed by atoms with van der Waals surface area (Å²) in [4.78, 5) is 2.42. The van der Waals surface area contributed by atoms with Crippen molar-refractivity contribution in [2.45, 2.75) is 19.4 Å². The fraction of sp³-hybridized carbons (Fsp3) is 1.00. The summed E-state index contributed by atoms with van der Waals surface area (Å²) in [6, 6.07) is 0.500. The first kappa shape index (κ1) is 11.9. The Morgan fingerprint density at radius 2 is 2.14 bits per heavy atom. The topological polar surface area (TPSA) is 44.7 Å². The van der Waals surface area contributed by atoms with E-state index < -0.39 is 0 Å². The molecule has 0 bridgehead atoms. The molecule has 0 aromatic heterocycles. The molecular weight excluding hydrogens is 180 g/mol. The van der Waals surface area contributed by atoms with Crippen LogP contribution in [0.2, 0.25) is 0 Å².